The fourth-order valence-corrected chi connectivity index (χ4v) is 2.63. The van der Waals surface area contributed by atoms with E-state index in [9.17, 15) is 8.60 Å². The third-order valence-corrected chi connectivity index (χ3v) is 3.56. The molecule has 2 N–H and O–H groups in total. The zero-order valence-electron chi connectivity index (χ0n) is 9.40. The van der Waals surface area contributed by atoms with E-state index >= 15 is 0 Å². The number of ether oxygens (including phenoxy) is 1. The molecule has 2 atom stereocenters. The second-order valence-electron chi connectivity index (χ2n) is 3.66. The smallest absolute Gasteiger partial charge is 0.169 e. The van der Waals surface area contributed by atoms with Crippen molar-refractivity contribution in [3.63, 3.8) is 0 Å². The number of hydrogen-bond acceptors (Lipinski definition) is 3. The fourth-order valence-electron chi connectivity index (χ4n) is 1.35. The minimum Gasteiger partial charge on any atom is -0.494 e. The molecule has 90 valence electrons. The Balaban J connectivity index is 2.77. The van der Waals surface area contributed by atoms with Gasteiger partial charge in [0.15, 0.2) is 11.6 Å². The molecular formula is C11H16FNO2S. The molecule has 0 aliphatic heterocycles. The maximum absolute atomic E-state index is 13.7. The molecule has 0 aliphatic carbocycles. The summed E-state index contributed by atoms with van der Waals surface area (Å²) in [5, 5.41) is 0. The molecule has 0 fully saturated rings. The third-order valence-electron chi connectivity index (χ3n) is 2.03. The Morgan fingerprint density at radius 1 is 1.56 bits per heavy atom. The lowest BCUT2D eigenvalue weighted by molar-refractivity contribution is 0.385. The van der Waals surface area contributed by atoms with Crippen LogP contribution in [0.3, 0.4) is 0 Å². The summed E-state index contributed by atoms with van der Waals surface area (Å²) >= 11 is 0. The van der Waals surface area contributed by atoms with Crippen LogP contribution in [0.25, 0.3) is 0 Å². The van der Waals surface area contributed by atoms with Gasteiger partial charge in [-0.2, -0.15) is 0 Å². The Morgan fingerprint density at radius 2 is 2.25 bits per heavy atom. The summed E-state index contributed by atoms with van der Waals surface area (Å²) < 4.78 is 30.1. The van der Waals surface area contributed by atoms with Crippen LogP contribution in [-0.2, 0) is 16.6 Å². The number of nitrogens with two attached hydrogens (primary N) is 1. The summed E-state index contributed by atoms with van der Waals surface area (Å²) in [5.74, 6) is 0.277. The van der Waals surface area contributed by atoms with E-state index in [1.54, 1.807) is 19.1 Å². The Hall–Kier alpha value is -0.940. The van der Waals surface area contributed by atoms with Crippen molar-refractivity contribution in [2.75, 3.05) is 12.9 Å². The van der Waals surface area contributed by atoms with E-state index < -0.39 is 16.6 Å². The number of benzene rings is 1. The second kappa shape index (κ2) is 5.96. The van der Waals surface area contributed by atoms with Gasteiger partial charge in [0.2, 0.25) is 0 Å². The van der Waals surface area contributed by atoms with Crippen molar-refractivity contribution in [2.45, 2.75) is 18.7 Å². The van der Waals surface area contributed by atoms with Gasteiger partial charge in [0.25, 0.3) is 0 Å². The van der Waals surface area contributed by atoms with Gasteiger partial charge in [-0.1, -0.05) is 12.1 Å². The highest BCUT2D eigenvalue weighted by atomic mass is 32.2. The van der Waals surface area contributed by atoms with Gasteiger partial charge in [-0.05, 0) is 13.0 Å². The average molecular weight is 245 g/mol. The van der Waals surface area contributed by atoms with E-state index in [2.05, 4.69) is 0 Å². The van der Waals surface area contributed by atoms with Gasteiger partial charge in [-0.3, -0.25) is 4.21 Å². The molecule has 0 heterocycles. The first kappa shape index (κ1) is 13.1. The molecule has 0 saturated carbocycles. The van der Waals surface area contributed by atoms with Crippen molar-refractivity contribution >= 4 is 10.8 Å². The molecule has 0 amide bonds. The van der Waals surface area contributed by atoms with Crippen molar-refractivity contribution in [3.8, 4) is 5.75 Å². The van der Waals surface area contributed by atoms with Gasteiger partial charge < -0.3 is 10.5 Å². The summed E-state index contributed by atoms with van der Waals surface area (Å²) in [6, 6.07) is 4.68. The lowest BCUT2D eigenvalue weighted by atomic mass is 10.2. The van der Waals surface area contributed by atoms with E-state index in [4.69, 9.17) is 10.5 Å². The normalized spacial score (nSPS) is 14.5. The number of hydrogen-bond donors (Lipinski definition) is 1. The van der Waals surface area contributed by atoms with Crippen LogP contribution < -0.4 is 10.5 Å². The van der Waals surface area contributed by atoms with Crippen LogP contribution in [0.5, 0.6) is 5.75 Å². The monoisotopic (exact) mass is 245 g/mol. The first-order valence-electron chi connectivity index (χ1n) is 4.96. The Morgan fingerprint density at radius 3 is 2.81 bits per heavy atom. The number of halogens is 1. The molecule has 0 bridgehead atoms. The van der Waals surface area contributed by atoms with Crippen LogP contribution in [0, 0.1) is 5.82 Å². The summed E-state index contributed by atoms with van der Waals surface area (Å²) in [7, 11) is 0.262. The first-order chi connectivity index (χ1) is 7.54. The van der Waals surface area contributed by atoms with E-state index in [-0.39, 0.29) is 17.5 Å². The summed E-state index contributed by atoms with van der Waals surface area (Å²) in [6.45, 7) is 1.78. The second-order valence-corrected chi connectivity index (χ2v) is 5.16. The number of methoxy groups -OCH3 is 1. The largest absolute Gasteiger partial charge is 0.494 e. The number of rotatable bonds is 5. The van der Waals surface area contributed by atoms with Crippen LogP contribution in [0.1, 0.15) is 12.5 Å². The van der Waals surface area contributed by atoms with Gasteiger partial charge in [-0.25, -0.2) is 4.39 Å². The van der Waals surface area contributed by atoms with Crippen molar-refractivity contribution in [1.29, 1.82) is 0 Å². The minimum atomic E-state index is -1.14. The van der Waals surface area contributed by atoms with E-state index in [0.29, 0.717) is 11.3 Å². The van der Waals surface area contributed by atoms with Gasteiger partial charge in [0, 0.05) is 28.2 Å². The van der Waals surface area contributed by atoms with Crippen LogP contribution in [0.4, 0.5) is 4.39 Å². The Labute approximate surface area is 97.2 Å². The highest BCUT2D eigenvalue weighted by molar-refractivity contribution is 7.84. The lowest BCUT2D eigenvalue weighted by Gasteiger charge is -2.08. The van der Waals surface area contributed by atoms with Crippen molar-refractivity contribution in [1.82, 2.24) is 0 Å². The summed E-state index contributed by atoms with van der Waals surface area (Å²) in [5.41, 5.74) is 5.93. The predicted molar refractivity (Wildman–Crippen MR) is 63.3 cm³/mol. The van der Waals surface area contributed by atoms with E-state index in [0.717, 1.165) is 0 Å². The third kappa shape index (κ3) is 3.57. The van der Waals surface area contributed by atoms with Crippen LogP contribution in [-0.4, -0.2) is 23.1 Å². The molecule has 0 spiro atoms. The zero-order valence-corrected chi connectivity index (χ0v) is 10.2. The molecule has 16 heavy (non-hydrogen) atoms. The summed E-state index contributed by atoms with van der Waals surface area (Å²) in [6.07, 6.45) is 0. The lowest BCUT2D eigenvalue weighted by Crippen LogP contribution is -2.23. The summed E-state index contributed by atoms with van der Waals surface area (Å²) in [4.78, 5) is 0. The van der Waals surface area contributed by atoms with E-state index in [1.165, 1.54) is 13.2 Å². The Bertz CT molecular complexity index is 382. The van der Waals surface area contributed by atoms with Crippen LogP contribution in [0.15, 0.2) is 18.2 Å². The van der Waals surface area contributed by atoms with Gasteiger partial charge in [0.1, 0.15) is 0 Å². The van der Waals surface area contributed by atoms with Crippen molar-refractivity contribution in [2.24, 2.45) is 5.73 Å². The molecule has 1 rings (SSSR count). The standard InChI is InChI=1S/C11H16FNO2S/c1-8(13)6-16(14)7-9-4-3-5-10(15-2)11(9)12/h3-5,8H,6-7,13H2,1-2H3. The predicted octanol–water partition coefficient (Wildman–Crippen LogP) is 1.43. The molecule has 0 aliphatic rings. The van der Waals surface area contributed by atoms with Gasteiger partial charge in [-0.15, -0.1) is 0 Å². The molecule has 0 radical (unpaired) electrons. The fraction of sp³-hybridized carbons (Fsp3) is 0.455. The van der Waals surface area contributed by atoms with Gasteiger partial charge in [0.05, 0.1) is 12.9 Å². The quantitative estimate of drug-likeness (QED) is 0.853. The Kier molecular flexibility index (Phi) is 4.89. The highest BCUT2D eigenvalue weighted by Crippen LogP contribution is 2.21. The highest BCUT2D eigenvalue weighted by Gasteiger charge is 2.12. The zero-order chi connectivity index (χ0) is 12.1. The SMILES string of the molecule is COc1cccc(CS(=O)CC(C)N)c1F. The molecule has 5 heteroatoms. The topological polar surface area (TPSA) is 52.3 Å². The molecule has 0 aromatic heterocycles. The minimum absolute atomic E-state index is 0.144. The van der Waals surface area contributed by atoms with Crippen molar-refractivity contribution < 1.29 is 13.3 Å². The maximum Gasteiger partial charge on any atom is 0.169 e. The molecule has 1 aromatic carbocycles. The van der Waals surface area contributed by atoms with Crippen LogP contribution >= 0.6 is 0 Å². The van der Waals surface area contributed by atoms with Crippen LogP contribution in [0.2, 0.25) is 0 Å². The van der Waals surface area contributed by atoms with Gasteiger partial charge >= 0.3 is 0 Å². The van der Waals surface area contributed by atoms with E-state index in [1.807, 2.05) is 0 Å². The molecule has 2 unspecified atom stereocenters. The average Bonchev–Trinajstić information content (AvgIpc) is 2.20. The molecular weight excluding hydrogens is 229 g/mol. The maximum atomic E-state index is 13.7. The molecule has 0 saturated heterocycles. The molecule has 1 aromatic rings. The van der Waals surface area contributed by atoms with Crippen molar-refractivity contribution in [3.05, 3.63) is 29.6 Å². The first-order valence-corrected chi connectivity index (χ1v) is 6.45. The molecule has 3 nitrogen and oxygen atoms in total.